The summed E-state index contributed by atoms with van der Waals surface area (Å²) in [7, 11) is 0. The molecular weight excluding hydrogens is 280 g/mol. The lowest BCUT2D eigenvalue weighted by Crippen LogP contribution is -1.87. The molecule has 0 spiro atoms. The van der Waals surface area contributed by atoms with E-state index in [0.717, 1.165) is 6.42 Å². The largest absolute Gasteiger partial charge is 0.143 e. The van der Waals surface area contributed by atoms with Crippen LogP contribution in [-0.2, 0) is 0 Å². The van der Waals surface area contributed by atoms with Crippen molar-refractivity contribution in [3.05, 3.63) is 20.3 Å². The van der Waals surface area contributed by atoms with Gasteiger partial charge >= 0.3 is 0 Å². The first-order chi connectivity index (χ1) is 6.65. The van der Waals surface area contributed by atoms with E-state index in [9.17, 15) is 0 Å². The number of alkyl halides is 1. The molecule has 1 rings (SSSR count). The fraction of sp³-hybridized carbons (Fsp3) is 0.636. The molecule has 80 valence electrons. The van der Waals surface area contributed by atoms with Gasteiger partial charge in [-0.05, 0) is 35.3 Å². The van der Waals surface area contributed by atoms with Crippen LogP contribution in [-0.4, -0.2) is 0 Å². The highest BCUT2D eigenvalue weighted by atomic mass is 79.9. The summed E-state index contributed by atoms with van der Waals surface area (Å²) in [5, 5.41) is 0.189. The van der Waals surface area contributed by atoms with Crippen molar-refractivity contribution in [3.63, 3.8) is 0 Å². The third kappa shape index (κ3) is 3.56. The summed E-state index contributed by atoms with van der Waals surface area (Å²) in [6.45, 7) is 4.34. The molecule has 0 fully saturated rings. The maximum atomic E-state index is 6.34. The maximum absolute atomic E-state index is 6.34. The Morgan fingerprint density at radius 2 is 2.21 bits per heavy atom. The average molecular weight is 296 g/mol. The monoisotopic (exact) mass is 294 g/mol. The summed E-state index contributed by atoms with van der Waals surface area (Å²) in [6.07, 6.45) is 4.86. The highest BCUT2D eigenvalue weighted by Gasteiger charge is 2.13. The molecule has 1 aromatic heterocycles. The Balaban J connectivity index is 2.51. The van der Waals surface area contributed by atoms with Crippen LogP contribution in [0.5, 0.6) is 0 Å². The molecule has 0 N–H and O–H groups in total. The van der Waals surface area contributed by atoms with Crippen molar-refractivity contribution < 1.29 is 0 Å². The molecule has 0 nitrogen and oxygen atoms in total. The molecule has 1 unspecified atom stereocenters. The number of hydrogen-bond donors (Lipinski definition) is 0. The molecule has 0 radical (unpaired) electrons. The number of aryl methyl sites for hydroxylation is 1. The van der Waals surface area contributed by atoms with E-state index in [-0.39, 0.29) is 5.38 Å². The zero-order valence-corrected chi connectivity index (χ0v) is 11.8. The van der Waals surface area contributed by atoms with Crippen molar-refractivity contribution in [2.45, 2.75) is 44.9 Å². The second kappa shape index (κ2) is 6.14. The normalized spacial score (nSPS) is 13.1. The fourth-order valence-electron chi connectivity index (χ4n) is 1.42. The average Bonchev–Trinajstić information content (AvgIpc) is 2.45. The summed E-state index contributed by atoms with van der Waals surface area (Å²) < 4.78 is 1.18. The molecule has 0 aliphatic heterocycles. The molecule has 3 heteroatoms. The van der Waals surface area contributed by atoms with Crippen LogP contribution in [0.1, 0.15) is 47.7 Å². The standard InChI is InChI=1S/C11H16BrClS/c1-3-4-5-6-10(13)11-9(12)7-8(2)14-11/h7,10H,3-6H2,1-2H3. The molecule has 14 heavy (non-hydrogen) atoms. The highest BCUT2D eigenvalue weighted by Crippen LogP contribution is 2.38. The van der Waals surface area contributed by atoms with Crippen LogP contribution < -0.4 is 0 Å². The van der Waals surface area contributed by atoms with Crippen LogP contribution in [0.4, 0.5) is 0 Å². The van der Waals surface area contributed by atoms with Gasteiger partial charge in [-0.1, -0.05) is 26.2 Å². The predicted molar refractivity (Wildman–Crippen MR) is 69.5 cm³/mol. The Morgan fingerprint density at radius 3 is 2.71 bits per heavy atom. The summed E-state index contributed by atoms with van der Waals surface area (Å²) >= 11 is 11.7. The number of hydrogen-bond acceptors (Lipinski definition) is 1. The van der Waals surface area contributed by atoms with E-state index in [1.165, 1.54) is 33.5 Å². The van der Waals surface area contributed by atoms with Crippen LogP contribution in [0.2, 0.25) is 0 Å². The number of rotatable bonds is 5. The van der Waals surface area contributed by atoms with Gasteiger partial charge in [0.05, 0.1) is 5.38 Å². The van der Waals surface area contributed by atoms with Gasteiger partial charge < -0.3 is 0 Å². The van der Waals surface area contributed by atoms with E-state index >= 15 is 0 Å². The van der Waals surface area contributed by atoms with Crippen LogP contribution in [0.3, 0.4) is 0 Å². The first-order valence-corrected chi connectivity index (χ1v) is 7.09. The number of halogens is 2. The lowest BCUT2D eigenvalue weighted by molar-refractivity contribution is 0.658. The van der Waals surface area contributed by atoms with Gasteiger partial charge in [-0.25, -0.2) is 0 Å². The van der Waals surface area contributed by atoms with E-state index in [1.807, 2.05) is 0 Å². The first kappa shape index (κ1) is 12.5. The van der Waals surface area contributed by atoms with Gasteiger partial charge in [0.2, 0.25) is 0 Å². The summed E-state index contributed by atoms with van der Waals surface area (Å²) in [4.78, 5) is 2.62. The van der Waals surface area contributed by atoms with Crippen molar-refractivity contribution in [2.24, 2.45) is 0 Å². The van der Waals surface area contributed by atoms with Gasteiger partial charge in [-0.15, -0.1) is 22.9 Å². The van der Waals surface area contributed by atoms with E-state index in [0.29, 0.717) is 0 Å². The van der Waals surface area contributed by atoms with E-state index in [1.54, 1.807) is 11.3 Å². The van der Waals surface area contributed by atoms with Crippen LogP contribution in [0.25, 0.3) is 0 Å². The van der Waals surface area contributed by atoms with Gasteiger partial charge in [0.15, 0.2) is 0 Å². The van der Waals surface area contributed by atoms with Gasteiger partial charge in [0, 0.05) is 14.2 Å². The molecule has 0 aliphatic rings. The molecular formula is C11H16BrClS. The van der Waals surface area contributed by atoms with Gasteiger partial charge in [0.1, 0.15) is 0 Å². The third-order valence-corrected chi connectivity index (χ3v) is 4.83. The predicted octanol–water partition coefficient (Wildman–Crippen LogP) is 5.68. The molecule has 0 saturated heterocycles. The molecule has 0 aromatic carbocycles. The van der Waals surface area contributed by atoms with Crippen molar-refractivity contribution in [1.82, 2.24) is 0 Å². The van der Waals surface area contributed by atoms with Crippen molar-refractivity contribution in [2.75, 3.05) is 0 Å². The van der Waals surface area contributed by atoms with Gasteiger partial charge in [-0.2, -0.15) is 0 Å². The zero-order valence-electron chi connectivity index (χ0n) is 8.65. The minimum atomic E-state index is 0.189. The summed E-state index contributed by atoms with van der Waals surface area (Å²) in [5.74, 6) is 0. The Hall–Kier alpha value is 0.470. The van der Waals surface area contributed by atoms with Crippen LogP contribution in [0.15, 0.2) is 10.5 Å². The molecule has 1 aromatic rings. The second-order valence-electron chi connectivity index (χ2n) is 3.53. The minimum absolute atomic E-state index is 0.189. The van der Waals surface area contributed by atoms with Crippen molar-refractivity contribution in [3.8, 4) is 0 Å². The topological polar surface area (TPSA) is 0 Å². The minimum Gasteiger partial charge on any atom is -0.143 e. The Kier molecular flexibility index (Phi) is 5.50. The Labute approximate surface area is 104 Å². The SMILES string of the molecule is CCCCCC(Cl)c1sc(C)cc1Br. The van der Waals surface area contributed by atoms with E-state index in [2.05, 4.69) is 35.8 Å². The molecule has 0 aliphatic carbocycles. The molecule has 1 atom stereocenters. The van der Waals surface area contributed by atoms with Gasteiger partial charge in [0.25, 0.3) is 0 Å². The smallest absolute Gasteiger partial charge is 0.0690 e. The Bertz CT molecular complexity index is 283. The third-order valence-electron chi connectivity index (χ3n) is 2.18. The maximum Gasteiger partial charge on any atom is 0.0690 e. The molecule has 1 heterocycles. The second-order valence-corrected chi connectivity index (χ2v) is 6.20. The molecule has 0 amide bonds. The highest BCUT2D eigenvalue weighted by molar-refractivity contribution is 9.10. The fourth-order valence-corrected chi connectivity index (χ4v) is 3.90. The quantitative estimate of drug-likeness (QED) is 0.484. The summed E-state index contributed by atoms with van der Waals surface area (Å²) in [6, 6.07) is 2.15. The molecule has 0 bridgehead atoms. The lowest BCUT2D eigenvalue weighted by atomic mass is 10.1. The van der Waals surface area contributed by atoms with Crippen LogP contribution in [0, 0.1) is 6.92 Å². The van der Waals surface area contributed by atoms with Crippen molar-refractivity contribution >= 4 is 38.9 Å². The van der Waals surface area contributed by atoms with Crippen LogP contribution >= 0.6 is 38.9 Å². The number of thiophene rings is 1. The van der Waals surface area contributed by atoms with Gasteiger partial charge in [-0.3, -0.25) is 0 Å². The summed E-state index contributed by atoms with van der Waals surface area (Å²) in [5.41, 5.74) is 0. The van der Waals surface area contributed by atoms with E-state index < -0.39 is 0 Å². The van der Waals surface area contributed by atoms with Crippen molar-refractivity contribution in [1.29, 1.82) is 0 Å². The lowest BCUT2D eigenvalue weighted by Gasteiger charge is -2.07. The Morgan fingerprint density at radius 1 is 1.50 bits per heavy atom. The number of unbranched alkanes of at least 4 members (excludes halogenated alkanes) is 2. The first-order valence-electron chi connectivity index (χ1n) is 5.05. The van der Waals surface area contributed by atoms with E-state index in [4.69, 9.17) is 11.6 Å². The molecule has 0 saturated carbocycles. The zero-order chi connectivity index (χ0) is 10.6.